The number of aliphatic hydroxyl groups excluding tert-OH is 2. The largest absolute Gasteiger partial charge is 0.489 e. The molecule has 2 rings (SSSR count). The van der Waals surface area contributed by atoms with E-state index >= 15 is 0 Å². The van der Waals surface area contributed by atoms with Crippen molar-refractivity contribution in [1.82, 2.24) is 0 Å². The van der Waals surface area contributed by atoms with E-state index in [4.69, 9.17) is 9.84 Å². The van der Waals surface area contributed by atoms with Gasteiger partial charge in [-0.15, -0.1) is 0 Å². The van der Waals surface area contributed by atoms with Crippen LogP contribution in [0.4, 0.5) is 0 Å². The maximum atomic E-state index is 9.29. The third-order valence-electron chi connectivity index (χ3n) is 2.46. The van der Waals surface area contributed by atoms with E-state index in [9.17, 15) is 5.11 Å². The molecule has 2 aromatic carbocycles. The van der Waals surface area contributed by atoms with Gasteiger partial charge in [0.05, 0.1) is 11.1 Å². The zero-order chi connectivity index (χ0) is 12.3. The summed E-state index contributed by atoms with van der Waals surface area (Å²) in [7, 11) is 0. The minimum Gasteiger partial charge on any atom is -0.489 e. The summed E-state index contributed by atoms with van der Waals surface area (Å²) in [6.07, 6.45) is -0.860. The second kappa shape index (κ2) is 5.49. The van der Waals surface area contributed by atoms with Crippen molar-refractivity contribution in [3.8, 4) is 5.75 Å². The van der Waals surface area contributed by atoms with Gasteiger partial charge in [0.25, 0.3) is 0 Å². The molecule has 0 bridgehead atoms. The second-order valence-electron chi connectivity index (χ2n) is 3.75. The van der Waals surface area contributed by atoms with E-state index in [2.05, 4.69) is 15.9 Å². The van der Waals surface area contributed by atoms with Crippen LogP contribution >= 0.6 is 15.9 Å². The first-order valence-electron chi connectivity index (χ1n) is 5.31. The number of fused-ring (bicyclic) bond motifs is 1. The molecule has 2 N–H and O–H groups in total. The first-order chi connectivity index (χ1) is 8.22. The van der Waals surface area contributed by atoms with Crippen LogP contribution in [-0.2, 0) is 0 Å². The number of ether oxygens (including phenoxy) is 1. The molecule has 0 spiro atoms. The average molecular weight is 297 g/mol. The van der Waals surface area contributed by atoms with Gasteiger partial charge in [-0.25, -0.2) is 0 Å². The molecule has 0 radical (unpaired) electrons. The fourth-order valence-corrected chi connectivity index (χ4v) is 2.06. The number of benzene rings is 2. The minimum atomic E-state index is -0.860. The van der Waals surface area contributed by atoms with Crippen molar-refractivity contribution >= 4 is 26.7 Å². The monoisotopic (exact) mass is 296 g/mol. The molecular weight excluding hydrogens is 284 g/mol. The Morgan fingerprint density at radius 1 is 1.18 bits per heavy atom. The van der Waals surface area contributed by atoms with Crippen LogP contribution in [0.3, 0.4) is 0 Å². The zero-order valence-electron chi connectivity index (χ0n) is 9.14. The third kappa shape index (κ3) is 2.77. The average Bonchev–Trinajstić information content (AvgIpc) is 2.37. The SMILES string of the molecule is OCC(O)COc1c(Br)ccc2ccccc12. The Bertz CT molecular complexity index is 513. The molecule has 0 aliphatic heterocycles. The van der Waals surface area contributed by atoms with Crippen molar-refractivity contribution < 1.29 is 14.9 Å². The van der Waals surface area contributed by atoms with E-state index < -0.39 is 6.10 Å². The van der Waals surface area contributed by atoms with Gasteiger partial charge in [0.1, 0.15) is 18.5 Å². The van der Waals surface area contributed by atoms with Crippen LogP contribution in [-0.4, -0.2) is 29.5 Å². The molecule has 0 aromatic heterocycles. The van der Waals surface area contributed by atoms with Gasteiger partial charge in [0.2, 0.25) is 0 Å². The van der Waals surface area contributed by atoms with Crippen molar-refractivity contribution in [2.75, 3.05) is 13.2 Å². The molecule has 0 fully saturated rings. The Balaban J connectivity index is 2.34. The maximum Gasteiger partial charge on any atom is 0.141 e. The van der Waals surface area contributed by atoms with Gasteiger partial charge in [-0.1, -0.05) is 30.3 Å². The Morgan fingerprint density at radius 2 is 1.94 bits per heavy atom. The van der Waals surface area contributed by atoms with Crippen molar-refractivity contribution in [1.29, 1.82) is 0 Å². The summed E-state index contributed by atoms with van der Waals surface area (Å²) in [6.45, 7) is -0.231. The predicted molar refractivity (Wildman–Crippen MR) is 70.2 cm³/mol. The van der Waals surface area contributed by atoms with Crippen LogP contribution in [0.15, 0.2) is 40.9 Å². The molecule has 90 valence electrons. The topological polar surface area (TPSA) is 49.7 Å². The van der Waals surface area contributed by atoms with Crippen LogP contribution in [0.1, 0.15) is 0 Å². The van der Waals surface area contributed by atoms with E-state index in [1.807, 2.05) is 36.4 Å². The summed E-state index contributed by atoms with van der Waals surface area (Å²) < 4.78 is 6.38. The highest BCUT2D eigenvalue weighted by molar-refractivity contribution is 9.10. The fourth-order valence-electron chi connectivity index (χ4n) is 1.60. The lowest BCUT2D eigenvalue weighted by molar-refractivity contribution is 0.0539. The van der Waals surface area contributed by atoms with Gasteiger partial charge in [-0.05, 0) is 27.4 Å². The van der Waals surface area contributed by atoms with Gasteiger partial charge in [-0.3, -0.25) is 0 Å². The molecule has 3 nitrogen and oxygen atoms in total. The van der Waals surface area contributed by atoms with Crippen molar-refractivity contribution in [2.45, 2.75) is 6.10 Å². The van der Waals surface area contributed by atoms with Crippen LogP contribution in [0.2, 0.25) is 0 Å². The molecule has 0 aliphatic carbocycles. The van der Waals surface area contributed by atoms with Crippen LogP contribution in [0.25, 0.3) is 10.8 Å². The maximum absolute atomic E-state index is 9.29. The minimum absolute atomic E-state index is 0.0725. The van der Waals surface area contributed by atoms with Gasteiger partial charge in [0, 0.05) is 5.39 Å². The molecular formula is C13H13BrO3. The number of hydrogen-bond acceptors (Lipinski definition) is 3. The lowest BCUT2D eigenvalue weighted by Gasteiger charge is -2.13. The quantitative estimate of drug-likeness (QED) is 0.910. The van der Waals surface area contributed by atoms with Gasteiger partial charge < -0.3 is 14.9 Å². The first kappa shape index (κ1) is 12.4. The fraction of sp³-hybridized carbons (Fsp3) is 0.231. The van der Waals surface area contributed by atoms with Crippen LogP contribution in [0.5, 0.6) is 5.75 Å². The Hall–Kier alpha value is -1.10. The highest BCUT2D eigenvalue weighted by Gasteiger charge is 2.09. The van der Waals surface area contributed by atoms with Crippen LogP contribution < -0.4 is 4.74 Å². The van der Waals surface area contributed by atoms with E-state index in [-0.39, 0.29) is 13.2 Å². The van der Waals surface area contributed by atoms with Gasteiger partial charge >= 0.3 is 0 Å². The zero-order valence-corrected chi connectivity index (χ0v) is 10.7. The van der Waals surface area contributed by atoms with Gasteiger partial charge in [0.15, 0.2) is 0 Å². The van der Waals surface area contributed by atoms with Crippen LogP contribution in [0, 0.1) is 0 Å². The Labute approximate surface area is 108 Å². The van der Waals surface area contributed by atoms with Gasteiger partial charge in [-0.2, -0.15) is 0 Å². The summed E-state index contributed by atoms with van der Waals surface area (Å²) in [5, 5.41) is 20.1. The Kier molecular flexibility index (Phi) is 3.99. The summed E-state index contributed by atoms with van der Waals surface area (Å²) in [5.41, 5.74) is 0. The molecule has 0 heterocycles. The highest BCUT2D eigenvalue weighted by atomic mass is 79.9. The van der Waals surface area contributed by atoms with Crippen molar-refractivity contribution in [3.63, 3.8) is 0 Å². The molecule has 0 aliphatic rings. The number of halogens is 1. The van der Waals surface area contributed by atoms with E-state index in [1.54, 1.807) is 0 Å². The molecule has 0 saturated heterocycles. The summed E-state index contributed by atoms with van der Waals surface area (Å²) in [6, 6.07) is 11.8. The molecule has 1 unspecified atom stereocenters. The summed E-state index contributed by atoms with van der Waals surface area (Å²) >= 11 is 3.42. The summed E-state index contributed by atoms with van der Waals surface area (Å²) in [5.74, 6) is 0.690. The predicted octanol–water partition coefficient (Wildman–Crippen LogP) is 2.33. The van der Waals surface area contributed by atoms with E-state index in [1.165, 1.54) is 0 Å². The van der Waals surface area contributed by atoms with Crippen molar-refractivity contribution in [2.24, 2.45) is 0 Å². The lowest BCUT2D eigenvalue weighted by atomic mass is 10.1. The smallest absolute Gasteiger partial charge is 0.141 e. The standard InChI is InChI=1S/C13H13BrO3/c14-12-6-5-9-3-1-2-4-11(9)13(12)17-8-10(16)7-15/h1-6,10,15-16H,7-8H2. The molecule has 2 aromatic rings. The lowest BCUT2D eigenvalue weighted by Crippen LogP contribution is -2.21. The number of hydrogen-bond donors (Lipinski definition) is 2. The third-order valence-corrected chi connectivity index (χ3v) is 3.09. The molecule has 0 saturated carbocycles. The van der Waals surface area contributed by atoms with Crippen molar-refractivity contribution in [3.05, 3.63) is 40.9 Å². The summed E-state index contributed by atoms with van der Waals surface area (Å²) in [4.78, 5) is 0. The molecule has 17 heavy (non-hydrogen) atoms. The molecule has 4 heteroatoms. The number of rotatable bonds is 4. The molecule has 1 atom stereocenters. The Morgan fingerprint density at radius 3 is 2.71 bits per heavy atom. The van der Waals surface area contributed by atoms with E-state index in [0.717, 1.165) is 15.2 Å². The second-order valence-corrected chi connectivity index (χ2v) is 4.60. The van der Waals surface area contributed by atoms with E-state index in [0.29, 0.717) is 5.75 Å². The number of aliphatic hydroxyl groups is 2. The highest BCUT2D eigenvalue weighted by Crippen LogP contribution is 2.33. The first-order valence-corrected chi connectivity index (χ1v) is 6.10. The normalized spacial score (nSPS) is 12.6. The molecule has 0 amide bonds.